The van der Waals surface area contributed by atoms with Crippen LogP contribution in [0.5, 0.6) is 0 Å². The Labute approximate surface area is 157 Å². The van der Waals surface area contributed by atoms with Gasteiger partial charge < -0.3 is 10.7 Å². The summed E-state index contributed by atoms with van der Waals surface area (Å²) < 4.78 is 0. The highest BCUT2D eigenvalue weighted by Gasteiger charge is 2.22. The maximum Gasteiger partial charge on any atom is 0.209 e. The average molecular weight is 366 g/mol. The van der Waals surface area contributed by atoms with Crippen LogP contribution in [0.4, 0.5) is 0 Å². The number of nitrogens with two attached hydrogens (primary N) is 1. The number of nitrogens with zero attached hydrogens (tertiary/aromatic N) is 2. The second-order valence-corrected chi connectivity index (χ2v) is 6.93. The van der Waals surface area contributed by atoms with E-state index < -0.39 is 0 Å². The predicted octanol–water partition coefficient (Wildman–Crippen LogP) is 4.26. The number of fused-ring (bicyclic) bond motifs is 3. The number of benzene rings is 2. The molecule has 5 nitrogen and oxygen atoms in total. The number of hydrogen-bond acceptors (Lipinski definition) is 2. The van der Waals surface area contributed by atoms with Crippen LogP contribution in [0.2, 0.25) is 5.02 Å². The Kier molecular flexibility index (Phi) is 4.39. The van der Waals surface area contributed by atoms with Gasteiger partial charge in [0.1, 0.15) is 0 Å². The lowest BCUT2D eigenvalue weighted by Crippen LogP contribution is -2.33. The molecule has 0 saturated heterocycles. The maximum absolute atomic E-state index is 7.93. The molecule has 26 heavy (non-hydrogen) atoms. The van der Waals surface area contributed by atoms with Gasteiger partial charge in [0.2, 0.25) is 5.96 Å². The van der Waals surface area contributed by atoms with Crippen molar-refractivity contribution in [3.63, 3.8) is 0 Å². The van der Waals surface area contributed by atoms with E-state index in [9.17, 15) is 0 Å². The van der Waals surface area contributed by atoms with Crippen molar-refractivity contribution in [1.29, 1.82) is 5.41 Å². The summed E-state index contributed by atoms with van der Waals surface area (Å²) in [6.45, 7) is 0.470. The molecule has 0 unspecified atom stereocenters. The monoisotopic (exact) mass is 365 g/mol. The molecule has 0 amide bonds. The van der Waals surface area contributed by atoms with Crippen LogP contribution in [0.1, 0.15) is 29.7 Å². The van der Waals surface area contributed by atoms with E-state index in [1.54, 1.807) is 5.01 Å². The maximum atomic E-state index is 7.93. The fourth-order valence-corrected chi connectivity index (χ4v) is 3.64. The Morgan fingerprint density at radius 2 is 2.00 bits per heavy atom. The van der Waals surface area contributed by atoms with Gasteiger partial charge in [0, 0.05) is 27.2 Å². The topological polar surface area (TPSA) is 81.3 Å². The molecule has 0 aliphatic heterocycles. The lowest BCUT2D eigenvalue weighted by Gasteiger charge is -2.21. The molecule has 132 valence electrons. The van der Waals surface area contributed by atoms with Crippen LogP contribution in [0.3, 0.4) is 0 Å². The van der Waals surface area contributed by atoms with E-state index in [0.29, 0.717) is 11.6 Å². The first-order valence-corrected chi connectivity index (χ1v) is 9.03. The van der Waals surface area contributed by atoms with E-state index in [0.717, 1.165) is 47.0 Å². The Morgan fingerprint density at radius 1 is 1.19 bits per heavy atom. The summed E-state index contributed by atoms with van der Waals surface area (Å²) in [7, 11) is 0. The van der Waals surface area contributed by atoms with Crippen LogP contribution < -0.4 is 5.73 Å². The van der Waals surface area contributed by atoms with Gasteiger partial charge in [-0.2, -0.15) is 5.10 Å². The zero-order valence-corrected chi connectivity index (χ0v) is 15.1. The molecule has 4 N–H and O–H groups in total. The largest absolute Gasteiger partial charge is 0.369 e. The Bertz CT molecular complexity index is 990. The molecule has 1 aliphatic rings. The first-order valence-electron chi connectivity index (χ1n) is 8.65. The van der Waals surface area contributed by atoms with Crippen LogP contribution in [0.15, 0.2) is 53.6 Å². The zero-order chi connectivity index (χ0) is 18.1. The minimum absolute atomic E-state index is 0.0636. The second kappa shape index (κ2) is 6.84. The van der Waals surface area contributed by atoms with Gasteiger partial charge in [-0.1, -0.05) is 41.9 Å². The summed E-state index contributed by atoms with van der Waals surface area (Å²) in [5.41, 5.74) is 11.2. The molecule has 1 aliphatic carbocycles. The number of hydrogen-bond donors (Lipinski definition) is 3. The van der Waals surface area contributed by atoms with E-state index >= 15 is 0 Å². The number of nitrogens with one attached hydrogen (secondary N) is 2. The number of halogens is 1. The SMILES string of the molecule is N=C(N)N(Cc1ccccc1)/N=C1/CCCc2[nH]c3ccc(Cl)cc3c21. The van der Waals surface area contributed by atoms with Crippen LogP contribution >= 0.6 is 11.6 Å². The summed E-state index contributed by atoms with van der Waals surface area (Å²) in [6.07, 6.45) is 2.86. The molecule has 1 aromatic heterocycles. The van der Waals surface area contributed by atoms with Crippen molar-refractivity contribution in [2.24, 2.45) is 10.8 Å². The number of guanidine groups is 1. The first kappa shape index (κ1) is 16.7. The summed E-state index contributed by atoms with van der Waals surface area (Å²) in [5, 5.41) is 16.0. The molecule has 0 atom stereocenters. The number of aryl methyl sites for hydroxylation is 1. The minimum Gasteiger partial charge on any atom is -0.369 e. The smallest absolute Gasteiger partial charge is 0.209 e. The van der Waals surface area contributed by atoms with Gasteiger partial charge in [0.15, 0.2) is 0 Å². The number of hydrazone groups is 1. The van der Waals surface area contributed by atoms with Crippen molar-refractivity contribution in [3.05, 3.63) is 70.4 Å². The third kappa shape index (κ3) is 3.18. The molecule has 2 aromatic carbocycles. The highest BCUT2D eigenvalue weighted by atomic mass is 35.5. The van der Waals surface area contributed by atoms with E-state index in [2.05, 4.69) is 4.98 Å². The van der Waals surface area contributed by atoms with Gasteiger partial charge in [-0.3, -0.25) is 5.41 Å². The Balaban J connectivity index is 1.76. The number of aromatic nitrogens is 1. The average Bonchev–Trinajstić information content (AvgIpc) is 3.00. The molecule has 3 aromatic rings. The molecule has 4 rings (SSSR count). The fraction of sp³-hybridized carbons (Fsp3) is 0.200. The fourth-order valence-electron chi connectivity index (χ4n) is 3.47. The molecule has 0 fully saturated rings. The van der Waals surface area contributed by atoms with Crippen molar-refractivity contribution in [2.75, 3.05) is 0 Å². The normalized spacial score (nSPS) is 15.2. The van der Waals surface area contributed by atoms with Crippen molar-refractivity contribution in [3.8, 4) is 0 Å². The van der Waals surface area contributed by atoms with Gasteiger partial charge >= 0.3 is 0 Å². The highest BCUT2D eigenvalue weighted by molar-refractivity contribution is 6.31. The lowest BCUT2D eigenvalue weighted by molar-refractivity contribution is 0.429. The number of H-pyrrole nitrogens is 1. The van der Waals surface area contributed by atoms with Crippen molar-refractivity contribution < 1.29 is 0 Å². The predicted molar refractivity (Wildman–Crippen MR) is 107 cm³/mol. The Morgan fingerprint density at radius 3 is 2.77 bits per heavy atom. The van der Waals surface area contributed by atoms with Gasteiger partial charge in [-0.15, -0.1) is 0 Å². The lowest BCUT2D eigenvalue weighted by atomic mass is 9.93. The summed E-state index contributed by atoms with van der Waals surface area (Å²) >= 11 is 6.21. The van der Waals surface area contributed by atoms with Crippen LogP contribution in [0.25, 0.3) is 10.9 Å². The minimum atomic E-state index is -0.0636. The zero-order valence-electron chi connectivity index (χ0n) is 14.3. The van der Waals surface area contributed by atoms with Crippen LogP contribution in [0, 0.1) is 5.41 Å². The molecule has 6 heteroatoms. The summed E-state index contributed by atoms with van der Waals surface area (Å²) in [5.74, 6) is -0.0636. The van der Waals surface area contributed by atoms with Crippen LogP contribution in [-0.2, 0) is 13.0 Å². The summed E-state index contributed by atoms with van der Waals surface area (Å²) in [4.78, 5) is 3.48. The molecule has 1 heterocycles. The third-order valence-electron chi connectivity index (χ3n) is 4.66. The second-order valence-electron chi connectivity index (χ2n) is 6.50. The first-order chi connectivity index (χ1) is 12.6. The molecule has 0 saturated carbocycles. The third-order valence-corrected chi connectivity index (χ3v) is 4.90. The van der Waals surface area contributed by atoms with Crippen molar-refractivity contribution in [2.45, 2.75) is 25.8 Å². The van der Waals surface area contributed by atoms with E-state index in [4.69, 9.17) is 27.8 Å². The molecule has 0 radical (unpaired) electrons. The standard InChI is InChI=1S/C20H20ClN5/c21-14-9-10-16-15(11-14)19-17(24-16)7-4-8-18(19)25-26(20(22)23)12-13-5-2-1-3-6-13/h1-3,5-6,9-11,24H,4,7-8,12H2,(H3,22,23)/b25-18-. The molecular weight excluding hydrogens is 346 g/mol. The highest BCUT2D eigenvalue weighted by Crippen LogP contribution is 2.31. The Hall–Kier alpha value is -2.79. The van der Waals surface area contributed by atoms with Crippen LogP contribution in [-0.4, -0.2) is 21.7 Å². The van der Waals surface area contributed by atoms with Gasteiger partial charge in [-0.25, -0.2) is 5.01 Å². The van der Waals surface area contributed by atoms with E-state index in [-0.39, 0.29) is 5.96 Å². The summed E-state index contributed by atoms with van der Waals surface area (Å²) in [6, 6.07) is 15.8. The number of rotatable bonds is 3. The van der Waals surface area contributed by atoms with E-state index in [1.165, 1.54) is 5.69 Å². The quantitative estimate of drug-likeness (QED) is 0.368. The van der Waals surface area contributed by atoms with Gasteiger partial charge in [0.05, 0.1) is 12.3 Å². The van der Waals surface area contributed by atoms with Crippen molar-refractivity contribution >= 4 is 34.2 Å². The molecular formula is C20H20ClN5. The van der Waals surface area contributed by atoms with Gasteiger partial charge in [-0.05, 0) is 43.0 Å². The van der Waals surface area contributed by atoms with Gasteiger partial charge in [0.25, 0.3) is 0 Å². The number of aromatic amines is 1. The van der Waals surface area contributed by atoms with E-state index in [1.807, 2.05) is 48.5 Å². The molecule has 0 spiro atoms. The van der Waals surface area contributed by atoms with Crippen molar-refractivity contribution in [1.82, 2.24) is 9.99 Å². The molecule has 0 bridgehead atoms.